The highest BCUT2D eigenvalue weighted by Gasteiger charge is 2.54. The molecule has 110 valence electrons. The number of hydrogen-bond acceptors (Lipinski definition) is 4. The molecule has 0 radical (unpaired) electrons. The van der Waals surface area contributed by atoms with E-state index in [0.717, 1.165) is 0 Å². The van der Waals surface area contributed by atoms with Crippen LogP contribution in [-0.2, 0) is 14.3 Å². The van der Waals surface area contributed by atoms with Crippen molar-refractivity contribution in [2.24, 2.45) is 0 Å². The van der Waals surface area contributed by atoms with Crippen molar-refractivity contribution in [2.45, 2.75) is 31.6 Å². The van der Waals surface area contributed by atoms with Gasteiger partial charge in [0.1, 0.15) is 17.9 Å². The molecule has 0 aliphatic carbocycles. The lowest BCUT2D eigenvalue weighted by atomic mass is 9.91. The number of nitrogens with zero attached hydrogens (tertiary/aromatic N) is 1. The van der Waals surface area contributed by atoms with E-state index in [4.69, 9.17) is 9.47 Å². The molecule has 3 rings (SSSR count). The maximum Gasteiger partial charge on any atom is 0.302 e. The molecule has 2 aliphatic heterocycles. The van der Waals surface area contributed by atoms with Crippen LogP contribution in [-0.4, -0.2) is 41.6 Å². The molecule has 0 bridgehead atoms. The van der Waals surface area contributed by atoms with Gasteiger partial charge in [0, 0.05) is 19.9 Å². The topological polar surface area (TPSA) is 55.8 Å². The van der Waals surface area contributed by atoms with E-state index in [0.29, 0.717) is 18.7 Å². The highest BCUT2D eigenvalue weighted by atomic mass is 16.6. The van der Waals surface area contributed by atoms with Crippen LogP contribution in [0.1, 0.15) is 13.3 Å². The smallest absolute Gasteiger partial charge is 0.302 e. The SMILES string of the molecule is CC(=O)O[C@@H]1CC=CCN2C(=O)[C@H](Oc3ccccc3)[C@H]12. The molecule has 2 aliphatic rings. The first-order valence-corrected chi connectivity index (χ1v) is 7.01. The number of hydrogen-bond donors (Lipinski definition) is 0. The molecular weight excluding hydrogens is 270 g/mol. The number of carbonyl (C=O) groups is 2. The summed E-state index contributed by atoms with van der Waals surface area (Å²) in [5, 5.41) is 0. The number of esters is 1. The summed E-state index contributed by atoms with van der Waals surface area (Å²) in [4.78, 5) is 25.2. The highest BCUT2D eigenvalue weighted by molar-refractivity contribution is 5.89. The largest absolute Gasteiger partial charge is 0.478 e. The summed E-state index contributed by atoms with van der Waals surface area (Å²) in [5.74, 6) is 0.245. The van der Waals surface area contributed by atoms with Crippen LogP contribution < -0.4 is 4.74 Å². The Balaban J connectivity index is 1.78. The molecule has 5 heteroatoms. The summed E-state index contributed by atoms with van der Waals surface area (Å²) in [5.41, 5.74) is 0. The fourth-order valence-corrected chi connectivity index (χ4v) is 2.80. The van der Waals surface area contributed by atoms with E-state index < -0.39 is 6.10 Å². The third kappa shape index (κ3) is 2.63. The fraction of sp³-hybridized carbons (Fsp3) is 0.375. The quantitative estimate of drug-likeness (QED) is 0.481. The van der Waals surface area contributed by atoms with E-state index in [-0.39, 0.29) is 24.0 Å². The Labute approximate surface area is 123 Å². The highest BCUT2D eigenvalue weighted by Crippen LogP contribution is 2.32. The van der Waals surface area contributed by atoms with Crippen molar-refractivity contribution in [1.82, 2.24) is 4.90 Å². The van der Waals surface area contributed by atoms with Gasteiger partial charge in [0.15, 0.2) is 0 Å². The molecule has 0 saturated carbocycles. The Bertz CT molecular complexity index is 569. The van der Waals surface area contributed by atoms with Crippen molar-refractivity contribution >= 4 is 11.9 Å². The molecule has 1 fully saturated rings. The molecular formula is C16H17NO4. The maximum atomic E-state index is 12.2. The first-order valence-electron chi connectivity index (χ1n) is 7.01. The van der Waals surface area contributed by atoms with Crippen molar-refractivity contribution in [3.63, 3.8) is 0 Å². The van der Waals surface area contributed by atoms with E-state index in [1.165, 1.54) is 6.92 Å². The molecule has 1 aromatic rings. The van der Waals surface area contributed by atoms with E-state index in [1.807, 2.05) is 42.5 Å². The lowest BCUT2D eigenvalue weighted by Crippen LogP contribution is -2.70. The van der Waals surface area contributed by atoms with Crippen LogP contribution in [0.5, 0.6) is 5.75 Å². The molecule has 21 heavy (non-hydrogen) atoms. The summed E-state index contributed by atoms with van der Waals surface area (Å²) >= 11 is 0. The van der Waals surface area contributed by atoms with Crippen LogP contribution in [0.4, 0.5) is 0 Å². The molecule has 3 atom stereocenters. The lowest BCUT2D eigenvalue weighted by Gasteiger charge is -2.47. The second-order valence-corrected chi connectivity index (χ2v) is 5.19. The van der Waals surface area contributed by atoms with Gasteiger partial charge in [0.05, 0.1) is 0 Å². The molecule has 2 heterocycles. The van der Waals surface area contributed by atoms with Crippen LogP contribution >= 0.6 is 0 Å². The number of amides is 1. The van der Waals surface area contributed by atoms with Crippen molar-refractivity contribution in [2.75, 3.05) is 6.54 Å². The third-order valence-corrected chi connectivity index (χ3v) is 3.74. The van der Waals surface area contributed by atoms with Gasteiger partial charge >= 0.3 is 5.97 Å². The monoisotopic (exact) mass is 287 g/mol. The van der Waals surface area contributed by atoms with Gasteiger partial charge in [0.25, 0.3) is 5.91 Å². The van der Waals surface area contributed by atoms with Crippen molar-refractivity contribution in [1.29, 1.82) is 0 Å². The number of β-lactam (4-membered cyclic amide) rings is 1. The average Bonchev–Trinajstić information content (AvgIpc) is 2.65. The van der Waals surface area contributed by atoms with Gasteiger partial charge < -0.3 is 14.4 Å². The average molecular weight is 287 g/mol. The normalized spacial score (nSPS) is 27.4. The van der Waals surface area contributed by atoms with Crippen LogP contribution in [0.15, 0.2) is 42.5 Å². The summed E-state index contributed by atoms with van der Waals surface area (Å²) in [7, 11) is 0. The van der Waals surface area contributed by atoms with Gasteiger partial charge in [-0.1, -0.05) is 30.4 Å². The fourth-order valence-electron chi connectivity index (χ4n) is 2.80. The Morgan fingerprint density at radius 3 is 2.71 bits per heavy atom. The first kappa shape index (κ1) is 13.7. The minimum atomic E-state index is -0.586. The Hall–Kier alpha value is -2.30. The molecule has 0 N–H and O–H groups in total. The predicted molar refractivity (Wildman–Crippen MR) is 75.7 cm³/mol. The Kier molecular flexibility index (Phi) is 3.64. The second-order valence-electron chi connectivity index (χ2n) is 5.19. The van der Waals surface area contributed by atoms with Gasteiger partial charge in [-0.2, -0.15) is 0 Å². The van der Waals surface area contributed by atoms with E-state index >= 15 is 0 Å². The summed E-state index contributed by atoms with van der Waals surface area (Å²) in [6, 6.07) is 9.00. The minimum Gasteiger partial charge on any atom is -0.478 e. The van der Waals surface area contributed by atoms with E-state index in [9.17, 15) is 9.59 Å². The van der Waals surface area contributed by atoms with Gasteiger partial charge in [-0.05, 0) is 12.1 Å². The van der Waals surface area contributed by atoms with Gasteiger partial charge in [0.2, 0.25) is 6.10 Å². The summed E-state index contributed by atoms with van der Waals surface area (Å²) < 4.78 is 11.1. The second kappa shape index (κ2) is 5.60. The zero-order chi connectivity index (χ0) is 14.8. The van der Waals surface area contributed by atoms with Crippen LogP contribution in [0.3, 0.4) is 0 Å². The van der Waals surface area contributed by atoms with Crippen LogP contribution in [0.2, 0.25) is 0 Å². The number of ether oxygens (including phenoxy) is 2. The minimum absolute atomic E-state index is 0.0624. The summed E-state index contributed by atoms with van der Waals surface area (Å²) in [6.07, 6.45) is 3.53. The molecule has 0 aromatic heterocycles. The zero-order valence-corrected chi connectivity index (χ0v) is 11.8. The van der Waals surface area contributed by atoms with Crippen LogP contribution in [0.25, 0.3) is 0 Å². The van der Waals surface area contributed by atoms with E-state index in [2.05, 4.69) is 0 Å². The molecule has 1 saturated heterocycles. The van der Waals surface area contributed by atoms with E-state index in [1.54, 1.807) is 4.90 Å². The number of rotatable bonds is 3. The molecule has 0 unspecified atom stereocenters. The number of carbonyl (C=O) groups excluding carboxylic acids is 2. The van der Waals surface area contributed by atoms with Crippen molar-refractivity contribution in [3.8, 4) is 5.75 Å². The van der Waals surface area contributed by atoms with Crippen LogP contribution in [0, 0.1) is 0 Å². The zero-order valence-electron chi connectivity index (χ0n) is 11.8. The van der Waals surface area contributed by atoms with Gasteiger partial charge in [-0.15, -0.1) is 0 Å². The summed E-state index contributed by atoms with van der Waals surface area (Å²) in [6.45, 7) is 1.92. The maximum absolute atomic E-state index is 12.2. The standard InChI is InChI=1S/C16H17NO4/c1-11(18)20-13-9-5-6-10-17-14(13)15(16(17)19)21-12-7-3-2-4-8-12/h2-8,13-15H,9-10H2,1H3/t13-,14+,15-/m1/s1. The molecule has 1 amide bonds. The van der Waals surface area contributed by atoms with Crippen molar-refractivity contribution < 1.29 is 19.1 Å². The lowest BCUT2D eigenvalue weighted by molar-refractivity contribution is -0.179. The Morgan fingerprint density at radius 2 is 2.00 bits per heavy atom. The molecule has 0 spiro atoms. The van der Waals surface area contributed by atoms with Gasteiger partial charge in [-0.3, -0.25) is 9.59 Å². The molecule has 1 aromatic carbocycles. The number of fused-ring (bicyclic) bond motifs is 1. The first-order chi connectivity index (χ1) is 10.2. The van der Waals surface area contributed by atoms with Crippen molar-refractivity contribution in [3.05, 3.63) is 42.5 Å². The third-order valence-electron chi connectivity index (χ3n) is 3.74. The Morgan fingerprint density at radius 1 is 1.24 bits per heavy atom. The number of para-hydroxylation sites is 1. The predicted octanol–water partition coefficient (Wildman–Crippen LogP) is 1.54. The van der Waals surface area contributed by atoms with Gasteiger partial charge in [-0.25, -0.2) is 0 Å². The molecule has 5 nitrogen and oxygen atoms in total. The number of benzene rings is 1.